The minimum Gasteiger partial charge on any atom is -0.481 e. The topological polar surface area (TPSA) is 87.6 Å². The summed E-state index contributed by atoms with van der Waals surface area (Å²) in [5.74, 6) is 0.296. The number of carbonyl (C=O) groups excluding carboxylic acids is 1. The van der Waals surface area contributed by atoms with Crippen LogP contribution < -0.4 is 10.1 Å². The van der Waals surface area contributed by atoms with E-state index in [0.29, 0.717) is 12.3 Å². The number of hydrogen-bond acceptors (Lipinski definition) is 6. The molecule has 0 aliphatic carbocycles. The van der Waals surface area contributed by atoms with Gasteiger partial charge in [-0.25, -0.2) is 0 Å². The van der Waals surface area contributed by atoms with Gasteiger partial charge in [0, 0.05) is 56.1 Å². The molecule has 1 aliphatic rings. The molecule has 2 N–H and O–H groups in total. The van der Waals surface area contributed by atoms with Gasteiger partial charge in [0.25, 0.3) is 5.91 Å². The lowest BCUT2D eigenvalue weighted by atomic mass is 10.1. The molecule has 3 heterocycles. The molecule has 150 valence electrons. The number of para-hydroxylation sites is 1. The van der Waals surface area contributed by atoms with Crippen LogP contribution in [0.15, 0.2) is 54.9 Å². The number of rotatable bonds is 7. The van der Waals surface area contributed by atoms with Crippen LogP contribution in [0.25, 0.3) is 10.9 Å². The zero-order chi connectivity index (χ0) is 20.1. The maximum Gasteiger partial charge on any atom is 0.258 e. The van der Waals surface area contributed by atoms with Crippen molar-refractivity contribution in [2.24, 2.45) is 0 Å². The summed E-state index contributed by atoms with van der Waals surface area (Å²) < 4.78 is 5.63. The number of carbonyl (C=O) groups is 1. The highest BCUT2D eigenvalue weighted by Crippen LogP contribution is 2.22. The van der Waals surface area contributed by atoms with Crippen LogP contribution in [-0.4, -0.2) is 58.2 Å². The van der Waals surface area contributed by atoms with Crippen molar-refractivity contribution in [3.63, 3.8) is 0 Å². The molecule has 1 aromatic carbocycles. The molecule has 7 nitrogen and oxygen atoms in total. The Morgan fingerprint density at radius 3 is 2.93 bits per heavy atom. The highest BCUT2D eigenvalue weighted by Gasteiger charge is 2.19. The van der Waals surface area contributed by atoms with Crippen molar-refractivity contribution in [3.05, 3.63) is 66.1 Å². The van der Waals surface area contributed by atoms with E-state index < -0.39 is 6.10 Å². The van der Waals surface area contributed by atoms with Crippen molar-refractivity contribution in [2.75, 3.05) is 26.2 Å². The van der Waals surface area contributed by atoms with Gasteiger partial charge in [0.1, 0.15) is 11.3 Å². The third-order valence-corrected chi connectivity index (χ3v) is 5.00. The van der Waals surface area contributed by atoms with Crippen LogP contribution in [0.3, 0.4) is 0 Å². The van der Waals surface area contributed by atoms with Crippen molar-refractivity contribution < 1.29 is 14.6 Å². The van der Waals surface area contributed by atoms with Crippen molar-refractivity contribution in [3.8, 4) is 5.75 Å². The Balaban J connectivity index is 1.22. The lowest BCUT2D eigenvalue weighted by Crippen LogP contribution is -2.43. The molecule has 7 heteroatoms. The van der Waals surface area contributed by atoms with E-state index in [1.165, 1.54) is 5.56 Å². The second kappa shape index (κ2) is 8.98. The number of nitrogens with one attached hydrogen (secondary N) is 1. The fourth-order valence-electron chi connectivity index (χ4n) is 3.56. The summed E-state index contributed by atoms with van der Waals surface area (Å²) in [6.45, 7) is 2.19. The summed E-state index contributed by atoms with van der Waals surface area (Å²) in [4.78, 5) is 23.0. The van der Waals surface area contributed by atoms with Gasteiger partial charge in [-0.2, -0.15) is 0 Å². The molecule has 29 heavy (non-hydrogen) atoms. The van der Waals surface area contributed by atoms with Gasteiger partial charge >= 0.3 is 0 Å². The highest BCUT2D eigenvalue weighted by molar-refractivity contribution is 5.85. The van der Waals surface area contributed by atoms with Crippen molar-refractivity contribution in [1.29, 1.82) is 0 Å². The number of β-amino-alcohol motifs (C(OH)–C–C–N with tert-alkyl or cyclic N) is 1. The SMILES string of the molecule is O=C(COc1cccc2cccnc12)NCC(O)CN1CCc2ncccc2C1. The zero-order valence-corrected chi connectivity index (χ0v) is 16.1. The van der Waals surface area contributed by atoms with Gasteiger partial charge in [-0.3, -0.25) is 19.7 Å². The third kappa shape index (κ3) is 4.88. The van der Waals surface area contributed by atoms with Gasteiger partial charge < -0.3 is 15.2 Å². The smallest absolute Gasteiger partial charge is 0.258 e. The first-order valence-electron chi connectivity index (χ1n) is 9.75. The fourth-order valence-corrected chi connectivity index (χ4v) is 3.56. The van der Waals surface area contributed by atoms with Crippen LogP contribution in [0.5, 0.6) is 5.75 Å². The Hall–Kier alpha value is -3.03. The minimum atomic E-state index is -0.642. The van der Waals surface area contributed by atoms with Crippen molar-refractivity contribution in [2.45, 2.75) is 19.1 Å². The first-order valence-corrected chi connectivity index (χ1v) is 9.75. The zero-order valence-electron chi connectivity index (χ0n) is 16.1. The molecule has 3 aromatic rings. The van der Waals surface area contributed by atoms with E-state index in [0.717, 1.165) is 36.1 Å². The Labute approximate surface area is 169 Å². The molecule has 0 fully saturated rings. The van der Waals surface area contributed by atoms with E-state index in [1.54, 1.807) is 12.3 Å². The van der Waals surface area contributed by atoms with E-state index in [-0.39, 0.29) is 19.1 Å². The molecule has 0 spiro atoms. The lowest BCUT2D eigenvalue weighted by molar-refractivity contribution is -0.123. The number of aliphatic hydroxyl groups is 1. The van der Waals surface area contributed by atoms with Crippen molar-refractivity contribution in [1.82, 2.24) is 20.2 Å². The average Bonchev–Trinajstić information content (AvgIpc) is 2.76. The Morgan fingerprint density at radius 2 is 2.00 bits per heavy atom. The van der Waals surface area contributed by atoms with E-state index in [9.17, 15) is 9.90 Å². The Bertz CT molecular complexity index is 989. The molecule has 4 rings (SSSR count). The number of pyridine rings is 2. The molecular formula is C22H24N4O3. The van der Waals surface area contributed by atoms with Gasteiger partial charge in [0.15, 0.2) is 6.61 Å². The third-order valence-electron chi connectivity index (χ3n) is 5.00. The van der Waals surface area contributed by atoms with Gasteiger partial charge in [0.2, 0.25) is 0 Å². The number of nitrogens with zero attached hydrogens (tertiary/aromatic N) is 3. The van der Waals surface area contributed by atoms with Crippen LogP contribution in [0.4, 0.5) is 0 Å². The summed E-state index contributed by atoms with van der Waals surface area (Å²) in [6, 6.07) is 13.4. The number of ether oxygens (including phenoxy) is 1. The quantitative estimate of drug-likeness (QED) is 0.634. The van der Waals surface area contributed by atoms with E-state index in [1.807, 2.05) is 36.5 Å². The molecular weight excluding hydrogens is 368 g/mol. The van der Waals surface area contributed by atoms with E-state index in [4.69, 9.17) is 4.74 Å². The van der Waals surface area contributed by atoms with E-state index >= 15 is 0 Å². The molecule has 0 radical (unpaired) electrons. The highest BCUT2D eigenvalue weighted by atomic mass is 16.5. The number of fused-ring (bicyclic) bond motifs is 2. The fraction of sp³-hybridized carbons (Fsp3) is 0.318. The number of hydrogen-bond donors (Lipinski definition) is 2. The summed E-state index contributed by atoms with van der Waals surface area (Å²) in [7, 11) is 0. The van der Waals surface area contributed by atoms with Gasteiger partial charge in [-0.1, -0.05) is 24.3 Å². The number of aromatic nitrogens is 2. The van der Waals surface area contributed by atoms with Crippen LogP contribution in [0, 0.1) is 0 Å². The van der Waals surface area contributed by atoms with Crippen LogP contribution in [0.2, 0.25) is 0 Å². The normalized spacial score (nSPS) is 14.9. The first-order chi connectivity index (χ1) is 14.2. The molecule has 1 unspecified atom stereocenters. The maximum absolute atomic E-state index is 12.1. The van der Waals surface area contributed by atoms with Gasteiger partial charge in [-0.15, -0.1) is 0 Å². The number of amides is 1. The van der Waals surface area contributed by atoms with Crippen LogP contribution >= 0.6 is 0 Å². The van der Waals surface area contributed by atoms with Gasteiger partial charge in [-0.05, 0) is 23.8 Å². The predicted octanol–water partition coefficient (Wildman–Crippen LogP) is 1.54. The van der Waals surface area contributed by atoms with Crippen LogP contribution in [-0.2, 0) is 17.8 Å². The Kier molecular flexibility index (Phi) is 5.97. The summed E-state index contributed by atoms with van der Waals surface area (Å²) in [5, 5.41) is 14.0. The van der Waals surface area contributed by atoms with Gasteiger partial charge in [0.05, 0.1) is 6.10 Å². The average molecular weight is 392 g/mol. The van der Waals surface area contributed by atoms with E-state index in [2.05, 4.69) is 26.3 Å². The Morgan fingerprint density at radius 1 is 1.17 bits per heavy atom. The molecule has 1 aliphatic heterocycles. The number of aliphatic hydroxyl groups excluding tert-OH is 1. The molecule has 0 saturated heterocycles. The summed E-state index contributed by atoms with van der Waals surface area (Å²) in [6.07, 6.45) is 3.74. The molecule has 1 amide bonds. The monoisotopic (exact) mass is 392 g/mol. The first kappa shape index (κ1) is 19.3. The number of benzene rings is 1. The van der Waals surface area contributed by atoms with Crippen LogP contribution in [0.1, 0.15) is 11.3 Å². The second-order valence-corrected chi connectivity index (χ2v) is 7.17. The largest absolute Gasteiger partial charge is 0.481 e. The minimum absolute atomic E-state index is 0.120. The molecule has 2 aromatic heterocycles. The summed E-state index contributed by atoms with van der Waals surface area (Å²) >= 11 is 0. The molecule has 0 bridgehead atoms. The summed E-state index contributed by atoms with van der Waals surface area (Å²) in [5.41, 5.74) is 3.06. The van der Waals surface area contributed by atoms with Crippen molar-refractivity contribution >= 4 is 16.8 Å². The maximum atomic E-state index is 12.1. The second-order valence-electron chi connectivity index (χ2n) is 7.17. The predicted molar refractivity (Wildman–Crippen MR) is 109 cm³/mol. The lowest BCUT2D eigenvalue weighted by Gasteiger charge is -2.29. The molecule has 0 saturated carbocycles. The standard InChI is InChI=1S/C22H24N4O3/c27-18(14-26-11-8-19-17(13-26)6-3-9-23-19)12-25-21(28)15-29-20-7-1-4-16-5-2-10-24-22(16)20/h1-7,9-10,18,27H,8,11-15H2,(H,25,28). The molecule has 1 atom stereocenters.